The van der Waals surface area contributed by atoms with E-state index in [-0.39, 0.29) is 11.3 Å². The lowest BCUT2D eigenvalue weighted by Gasteiger charge is -2.10. The van der Waals surface area contributed by atoms with Crippen LogP contribution < -0.4 is 5.56 Å². The summed E-state index contributed by atoms with van der Waals surface area (Å²) < 4.78 is 11.7. The van der Waals surface area contributed by atoms with E-state index < -0.39 is 5.97 Å². The summed E-state index contributed by atoms with van der Waals surface area (Å²) in [6.45, 7) is 2.44. The number of hydrogen-bond donors (Lipinski definition) is 0. The Morgan fingerprint density at radius 1 is 1.29 bits per heavy atom. The Labute approximate surface area is 142 Å². The van der Waals surface area contributed by atoms with Gasteiger partial charge >= 0.3 is 5.97 Å². The minimum atomic E-state index is -0.513. The van der Waals surface area contributed by atoms with Crippen molar-refractivity contribution in [3.8, 4) is 0 Å². The van der Waals surface area contributed by atoms with Crippen LogP contribution in [0.3, 0.4) is 0 Å². The third-order valence-corrected chi connectivity index (χ3v) is 4.53. The van der Waals surface area contributed by atoms with E-state index in [2.05, 4.69) is 9.72 Å². The molecule has 2 aromatic heterocycles. The number of ether oxygens (including phenoxy) is 1. The standard InChI is InChI=1S/C17H16N2O4S/c1-3-19-15(20)12-6-4-5-7-13(12)18-17(19)24-10-11-8-9-14(23-11)16(21)22-2/h4-9H,3,10H2,1-2H3. The second kappa shape index (κ2) is 6.92. The van der Waals surface area contributed by atoms with Crippen LogP contribution in [0.2, 0.25) is 0 Å². The first-order valence-electron chi connectivity index (χ1n) is 7.43. The maximum Gasteiger partial charge on any atom is 0.373 e. The van der Waals surface area contributed by atoms with Crippen LogP contribution in [0.15, 0.2) is 50.8 Å². The largest absolute Gasteiger partial charge is 0.463 e. The molecule has 0 unspecified atom stereocenters. The topological polar surface area (TPSA) is 74.3 Å². The van der Waals surface area contributed by atoms with E-state index in [0.29, 0.717) is 34.1 Å². The van der Waals surface area contributed by atoms with Crippen molar-refractivity contribution in [2.75, 3.05) is 7.11 Å². The fourth-order valence-electron chi connectivity index (χ4n) is 2.34. The Morgan fingerprint density at radius 3 is 2.83 bits per heavy atom. The molecule has 1 aromatic carbocycles. The van der Waals surface area contributed by atoms with Gasteiger partial charge in [0.15, 0.2) is 5.16 Å². The molecule has 2 heterocycles. The quantitative estimate of drug-likeness (QED) is 0.402. The van der Waals surface area contributed by atoms with E-state index in [4.69, 9.17) is 4.42 Å². The van der Waals surface area contributed by atoms with Crippen molar-refractivity contribution in [2.45, 2.75) is 24.4 Å². The second-order valence-corrected chi connectivity index (χ2v) is 5.95. The molecule has 0 radical (unpaired) electrons. The molecule has 0 aliphatic carbocycles. The number of carbonyl (C=O) groups is 1. The highest BCUT2D eigenvalue weighted by molar-refractivity contribution is 7.98. The first-order valence-corrected chi connectivity index (χ1v) is 8.42. The van der Waals surface area contributed by atoms with Gasteiger partial charge in [0, 0.05) is 6.54 Å². The molecule has 7 heteroatoms. The zero-order chi connectivity index (χ0) is 17.1. The minimum absolute atomic E-state index is 0.0553. The van der Waals surface area contributed by atoms with E-state index in [0.717, 1.165) is 0 Å². The fourth-order valence-corrected chi connectivity index (χ4v) is 3.30. The van der Waals surface area contributed by atoms with Crippen molar-refractivity contribution in [1.82, 2.24) is 9.55 Å². The molecular formula is C17H16N2O4S. The van der Waals surface area contributed by atoms with Gasteiger partial charge in [-0.05, 0) is 31.2 Å². The van der Waals surface area contributed by atoms with Gasteiger partial charge in [-0.25, -0.2) is 9.78 Å². The van der Waals surface area contributed by atoms with Crippen LogP contribution in [0.5, 0.6) is 0 Å². The Bertz CT molecular complexity index is 945. The highest BCUT2D eigenvalue weighted by Gasteiger charge is 2.14. The summed E-state index contributed by atoms with van der Waals surface area (Å²) in [4.78, 5) is 28.5. The summed E-state index contributed by atoms with van der Waals surface area (Å²) in [7, 11) is 1.30. The van der Waals surface area contributed by atoms with Crippen molar-refractivity contribution >= 4 is 28.6 Å². The van der Waals surface area contributed by atoms with Gasteiger partial charge in [0.25, 0.3) is 5.56 Å². The van der Waals surface area contributed by atoms with Crippen LogP contribution in [0.25, 0.3) is 10.9 Å². The van der Waals surface area contributed by atoms with Gasteiger partial charge in [0.05, 0.1) is 23.8 Å². The number of aromatic nitrogens is 2. The lowest BCUT2D eigenvalue weighted by molar-refractivity contribution is 0.0563. The number of para-hydroxylation sites is 1. The van der Waals surface area contributed by atoms with Crippen molar-refractivity contribution in [3.63, 3.8) is 0 Å². The summed E-state index contributed by atoms with van der Waals surface area (Å²) in [6, 6.07) is 10.6. The molecule has 124 valence electrons. The number of furan rings is 1. The molecule has 0 spiro atoms. The molecule has 0 saturated carbocycles. The molecule has 0 N–H and O–H groups in total. The van der Waals surface area contributed by atoms with Crippen molar-refractivity contribution in [1.29, 1.82) is 0 Å². The molecule has 0 aliphatic heterocycles. The molecule has 0 amide bonds. The summed E-state index contributed by atoms with van der Waals surface area (Å²) in [5.41, 5.74) is 0.615. The third-order valence-electron chi connectivity index (χ3n) is 3.53. The predicted molar refractivity (Wildman–Crippen MR) is 91.3 cm³/mol. The van der Waals surface area contributed by atoms with E-state index in [9.17, 15) is 9.59 Å². The first-order chi connectivity index (χ1) is 11.6. The lowest BCUT2D eigenvalue weighted by Crippen LogP contribution is -2.22. The first kappa shape index (κ1) is 16.3. The molecule has 6 nitrogen and oxygen atoms in total. The maximum absolute atomic E-state index is 12.5. The molecule has 0 bridgehead atoms. The number of fused-ring (bicyclic) bond motifs is 1. The molecule has 24 heavy (non-hydrogen) atoms. The van der Waals surface area contributed by atoms with Gasteiger partial charge in [-0.2, -0.15) is 0 Å². The summed E-state index contributed by atoms with van der Waals surface area (Å²) in [5.74, 6) is 0.723. The van der Waals surface area contributed by atoms with Gasteiger partial charge < -0.3 is 9.15 Å². The number of nitrogens with zero attached hydrogens (tertiary/aromatic N) is 2. The monoisotopic (exact) mass is 344 g/mol. The third kappa shape index (κ3) is 3.07. The van der Waals surface area contributed by atoms with Gasteiger partial charge in [-0.15, -0.1) is 0 Å². The average Bonchev–Trinajstić information content (AvgIpc) is 3.08. The second-order valence-electron chi connectivity index (χ2n) is 5.01. The zero-order valence-corrected chi connectivity index (χ0v) is 14.1. The Morgan fingerprint density at radius 2 is 2.08 bits per heavy atom. The smallest absolute Gasteiger partial charge is 0.373 e. The molecule has 0 atom stereocenters. The molecule has 0 fully saturated rings. The van der Waals surface area contributed by atoms with Gasteiger partial charge in [0.1, 0.15) is 5.76 Å². The highest BCUT2D eigenvalue weighted by atomic mass is 32.2. The van der Waals surface area contributed by atoms with Crippen LogP contribution >= 0.6 is 11.8 Å². The summed E-state index contributed by atoms with van der Waals surface area (Å²) in [6.07, 6.45) is 0. The number of thioether (sulfide) groups is 1. The number of esters is 1. The van der Waals surface area contributed by atoms with Crippen LogP contribution in [0, 0.1) is 0 Å². The van der Waals surface area contributed by atoms with E-state index in [1.807, 2.05) is 25.1 Å². The van der Waals surface area contributed by atoms with Crippen LogP contribution in [0.4, 0.5) is 0 Å². The van der Waals surface area contributed by atoms with Crippen LogP contribution in [0.1, 0.15) is 23.2 Å². The van der Waals surface area contributed by atoms with E-state index in [1.54, 1.807) is 22.8 Å². The summed E-state index contributed by atoms with van der Waals surface area (Å²) >= 11 is 1.39. The Balaban J connectivity index is 1.88. The molecule has 3 rings (SSSR count). The van der Waals surface area contributed by atoms with E-state index in [1.165, 1.54) is 18.9 Å². The molecule has 3 aromatic rings. The normalized spacial score (nSPS) is 10.9. The number of carbonyl (C=O) groups excluding carboxylic acids is 1. The number of hydrogen-bond acceptors (Lipinski definition) is 6. The Kier molecular flexibility index (Phi) is 4.71. The predicted octanol–water partition coefficient (Wildman–Crippen LogP) is 3.09. The van der Waals surface area contributed by atoms with Gasteiger partial charge in [-0.3, -0.25) is 9.36 Å². The molecular weight excluding hydrogens is 328 g/mol. The Hall–Kier alpha value is -2.54. The molecule has 0 aliphatic rings. The van der Waals surface area contributed by atoms with Crippen molar-refractivity contribution in [2.24, 2.45) is 0 Å². The summed E-state index contributed by atoms with van der Waals surface area (Å²) in [5, 5.41) is 1.23. The number of methoxy groups -OCH3 is 1. The number of rotatable bonds is 5. The van der Waals surface area contributed by atoms with Gasteiger partial charge in [-0.1, -0.05) is 23.9 Å². The maximum atomic E-state index is 12.5. The van der Waals surface area contributed by atoms with Gasteiger partial charge in [0.2, 0.25) is 5.76 Å². The van der Waals surface area contributed by atoms with E-state index >= 15 is 0 Å². The number of benzene rings is 1. The molecule has 0 saturated heterocycles. The fraction of sp³-hybridized carbons (Fsp3) is 0.235. The minimum Gasteiger partial charge on any atom is -0.463 e. The highest BCUT2D eigenvalue weighted by Crippen LogP contribution is 2.23. The average molecular weight is 344 g/mol. The van der Waals surface area contributed by atoms with Crippen molar-refractivity contribution in [3.05, 3.63) is 58.3 Å². The zero-order valence-electron chi connectivity index (χ0n) is 13.3. The lowest BCUT2D eigenvalue weighted by atomic mass is 10.2. The van der Waals surface area contributed by atoms with Crippen LogP contribution in [-0.4, -0.2) is 22.6 Å². The van der Waals surface area contributed by atoms with Crippen LogP contribution in [-0.2, 0) is 17.0 Å². The SMILES string of the molecule is CCn1c(SCc2ccc(C(=O)OC)o2)nc2ccccc2c1=O. The van der Waals surface area contributed by atoms with Crippen molar-refractivity contribution < 1.29 is 13.9 Å².